The molecule has 5 aliphatic rings. The van der Waals surface area contributed by atoms with Gasteiger partial charge >= 0.3 is 6.03 Å². The standard InChI is InChI=1S/C38H61N5O7S/c1-9-20-39-31(46)27(44)25(21-24-14-15-24)40-30(45)26-28-36(8,38(28)18-19-38)22-43(26)32(47)29(34(3,4)5)41-33(48)42-37(16-12-11-13-17-37)23-51(49,50)35(6,7)10-2/h9,24-26,28-29H,1,10-23H2,2-8H3,(H,39,46)(H,40,45)(H2,41,42,48)/t25?,26?,28?,29-,36?/m1/s1. The minimum absolute atomic E-state index is 0.0176. The molecule has 4 aliphatic carbocycles. The summed E-state index contributed by atoms with van der Waals surface area (Å²) in [4.78, 5) is 70.3. The van der Waals surface area contributed by atoms with Crippen molar-refractivity contribution in [1.29, 1.82) is 0 Å². The normalized spacial score (nSPS) is 27.4. The summed E-state index contributed by atoms with van der Waals surface area (Å²) in [6, 6.07) is -3.49. The summed E-state index contributed by atoms with van der Waals surface area (Å²) in [5, 5.41) is 11.4. The summed E-state index contributed by atoms with van der Waals surface area (Å²) in [7, 11) is -3.58. The second-order valence-corrected chi connectivity index (χ2v) is 20.8. The van der Waals surface area contributed by atoms with E-state index in [1.54, 1.807) is 18.7 Å². The van der Waals surface area contributed by atoms with Gasteiger partial charge in [-0.15, -0.1) is 6.58 Å². The number of Topliss-reactive ketones (excluding diaryl/α,β-unsaturated/α-hetero) is 1. The molecule has 286 valence electrons. The molecule has 0 radical (unpaired) electrons. The van der Waals surface area contributed by atoms with Gasteiger partial charge in [0, 0.05) is 19.0 Å². The lowest BCUT2D eigenvalue weighted by atomic mass is 9.83. The van der Waals surface area contributed by atoms with Crippen LogP contribution in [0.2, 0.25) is 0 Å². The van der Waals surface area contributed by atoms with Gasteiger partial charge in [-0.25, -0.2) is 13.2 Å². The van der Waals surface area contributed by atoms with Crippen LogP contribution in [-0.2, 0) is 29.0 Å². The van der Waals surface area contributed by atoms with Crippen LogP contribution in [0.25, 0.3) is 0 Å². The molecule has 1 saturated heterocycles. The Balaban J connectivity index is 1.36. The number of sulfone groups is 1. The molecule has 5 rings (SSSR count). The Morgan fingerprint density at radius 2 is 1.59 bits per heavy atom. The predicted octanol–water partition coefficient (Wildman–Crippen LogP) is 3.79. The van der Waals surface area contributed by atoms with Crippen LogP contribution < -0.4 is 21.3 Å². The van der Waals surface area contributed by atoms with Crippen molar-refractivity contribution in [3.8, 4) is 0 Å². The molecule has 4 unspecified atom stereocenters. The third kappa shape index (κ3) is 7.60. The first-order chi connectivity index (χ1) is 23.7. The molecule has 0 bridgehead atoms. The largest absolute Gasteiger partial charge is 0.346 e. The van der Waals surface area contributed by atoms with Gasteiger partial charge in [0.05, 0.1) is 22.1 Å². The van der Waals surface area contributed by atoms with Crippen molar-refractivity contribution in [3.63, 3.8) is 0 Å². The highest BCUT2D eigenvalue weighted by Crippen LogP contribution is 2.86. The van der Waals surface area contributed by atoms with Crippen LogP contribution in [0.1, 0.15) is 119 Å². The molecule has 0 aromatic rings. The highest BCUT2D eigenvalue weighted by atomic mass is 32.2. The van der Waals surface area contributed by atoms with Crippen molar-refractivity contribution in [3.05, 3.63) is 12.7 Å². The molecule has 12 nitrogen and oxygen atoms in total. The van der Waals surface area contributed by atoms with Crippen molar-refractivity contribution in [1.82, 2.24) is 26.2 Å². The van der Waals surface area contributed by atoms with Crippen LogP contribution in [0.4, 0.5) is 4.79 Å². The Hall–Kier alpha value is -2.96. The summed E-state index contributed by atoms with van der Waals surface area (Å²) >= 11 is 0. The van der Waals surface area contributed by atoms with Gasteiger partial charge in [0.15, 0.2) is 9.84 Å². The second-order valence-electron chi connectivity index (χ2n) is 18.2. The fourth-order valence-corrected chi connectivity index (χ4v) is 11.0. The maximum Gasteiger partial charge on any atom is 0.315 e. The molecule has 1 heterocycles. The number of hydrogen-bond donors (Lipinski definition) is 4. The van der Waals surface area contributed by atoms with E-state index in [0.29, 0.717) is 32.2 Å². The van der Waals surface area contributed by atoms with E-state index in [4.69, 9.17) is 0 Å². The van der Waals surface area contributed by atoms with E-state index in [9.17, 15) is 32.4 Å². The molecule has 13 heteroatoms. The fourth-order valence-electron chi connectivity index (χ4n) is 9.07. The predicted molar refractivity (Wildman–Crippen MR) is 195 cm³/mol. The molecule has 5 amide bonds. The Labute approximate surface area is 304 Å². The van der Waals surface area contributed by atoms with Crippen LogP contribution in [0.15, 0.2) is 12.7 Å². The Morgan fingerprint density at radius 1 is 0.961 bits per heavy atom. The van der Waals surface area contributed by atoms with E-state index in [-0.39, 0.29) is 35.0 Å². The number of rotatable bonds is 15. The van der Waals surface area contributed by atoms with Gasteiger partial charge in [-0.1, -0.05) is 72.8 Å². The third-order valence-corrected chi connectivity index (χ3v) is 16.0. The maximum absolute atomic E-state index is 14.7. The number of carbonyl (C=O) groups excluding carboxylic acids is 5. The molecule has 0 aromatic carbocycles. The zero-order chi connectivity index (χ0) is 37.8. The van der Waals surface area contributed by atoms with Crippen LogP contribution in [0.3, 0.4) is 0 Å². The minimum Gasteiger partial charge on any atom is -0.346 e. The SMILES string of the molecule is C=CCNC(=O)C(=O)C(CC1CC1)NC(=O)C1C2C(C)(CN1C(=O)[C@@H](NC(=O)NC1(CS(=O)(=O)C(C)(C)CC)CCCCC1)C(C)(C)C)C21CC1. The molecule has 1 spiro atoms. The molecule has 1 aliphatic heterocycles. The van der Waals surface area contributed by atoms with Gasteiger partial charge in [0.2, 0.25) is 17.6 Å². The molecule has 5 atom stereocenters. The Bertz CT molecular complexity index is 1540. The average molecular weight is 732 g/mol. The van der Waals surface area contributed by atoms with Crippen molar-refractivity contribution >= 4 is 39.4 Å². The third-order valence-electron chi connectivity index (χ3n) is 13.1. The first kappa shape index (κ1) is 39.3. The van der Waals surface area contributed by atoms with E-state index >= 15 is 0 Å². The summed E-state index contributed by atoms with van der Waals surface area (Å²) in [6.45, 7) is 17.0. The Morgan fingerprint density at radius 3 is 2.12 bits per heavy atom. The van der Waals surface area contributed by atoms with Gasteiger partial charge < -0.3 is 26.2 Å². The first-order valence-corrected chi connectivity index (χ1v) is 20.7. The van der Waals surface area contributed by atoms with Crippen LogP contribution in [0, 0.1) is 28.1 Å². The maximum atomic E-state index is 14.7. The average Bonchev–Trinajstić information content (AvgIpc) is 4.01. The van der Waals surface area contributed by atoms with Crippen LogP contribution >= 0.6 is 0 Å². The number of nitrogens with one attached hydrogen (secondary N) is 4. The smallest absolute Gasteiger partial charge is 0.315 e. The number of urea groups is 1. The quantitative estimate of drug-likeness (QED) is 0.147. The van der Waals surface area contributed by atoms with Crippen LogP contribution in [0.5, 0.6) is 0 Å². The van der Waals surface area contributed by atoms with Gasteiger partial charge in [0.1, 0.15) is 12.1 Å². The van der Waals surface area contributed by atoms with Gasteiger partial charge in [-0.3, -0.25) is 19.2 Å². The van der Waals surface area contributed by atoms with Crippen molar-refractivity contribution in [2.24, 2.45) is 28.1 Å². The summed E-state index contributed by atoms with van der Waals surface area (Å²) in [5.41, 5.74) is -2.00. The van der Waals surface area contributed by atoms with Crippen molar-refractivity contribution < 1.29 is 32.4 Å². The number of ketones is 1. The molecule has 51 heavy (non-hydrogen) atoms. The monoisotopic (exact) mass is 731 g/mol. The second kappa shape index (κ2) is 13.8. The molecular formula is C38H61N5O7S. The van der Waals surface area contributed by atoms with Crippen molar-refractivity contribution in [2.45, 2.75) is 148 Å². The molecule has 4 N–H and O–H groups in total. The lowest BCUT2D eigenvalue weighted by Crippen LogP contribution is -2.64. The highest BCUT2D eigenvalue weighted by Gasteiger charge is 2.86. The van der Waals surface area contributed by atoms with Gasteiger partial charge in [-0.05, 0) is 74.5 Å². The minimum atomic E-state index is -3.58. The highest BCUT2D eigenvalue weighted by molar-refractivity contribution is 7.92. The van der Waals surface area contributed by atoms with E-state index in [2.05, 4.69) is 34.8 Å². The van der Waals surface area contributed by atoms with Crippen molar-refractivity contribution in [2.75, 3.05) is 18.8 Å². The molecule has 5 fully saturated rings. The lowest BCUT2D eigenvalue weighted by Gasteiger charge is -2.41. The number of hydrogen-bond acceptors (Lipinski definition) is 7. The lowest BCUT2D eigenvalue weighted by molar-refractivity contribution is -0.145. The Kier molecular flexibility index (Phi) is 10.6. The van der Waals surface area contributed by atoms with E-state index in [0.717, 1.165) is 44.9 Å². The fraction of sp³-hybridized carbons (Fsp3) is 0.816. The summed E-state index contributed by atoms with van der Waals surface area (Å²) < 4.78 is 26.2. The summed E-state index contributed by atoms with van der Waals surface area (Å²) in [6.07, 6.45) is 9.66. The van der Waals surface area contributed by atoms with E-state index in [1.165, 1.54) is 6.08 Å². The topological polar surface area (TPSA) is 171 Å². The van der Waals surface area contributed by atoms with E-state index in [1.807, 2.05) is 27.7 Å². The summed E-state index contributed by atoms with van der Waals surface area (Å²) in [5.74, 6) is -2.35. The number of fused-ring (bicyclic) bond motifs is 3. The van der Waals surface area contributed by atoms with E-state index < -0.39 is 73.2 Å². The zero-order valence-corrected chi connectivity index (χ0v) is 32.6. The number of nitrogens with zero attached hydrogens (tertiary/aromatic N) is 1. The number of piperidine rings is 1. The van der Waals surface area contributed by atoms with Crippen LogP contribution in [-0.4, -0.2) is 90.1 Å². The zero-order valence-electron chi connectivity index (χ0n) is 31.8. The van der Waals surface area contributed by atoms with Gasteiger partial charge in [0.25, 0.3) is 5.91 Å². The number of likely N-dealkylation sites (tertiary alicyclic amines) is 1. The molecule has 0 aromatic heterocycles. The molecular weight excluding hydrogens is 671 g/mol. The van der Waals surface area contributed by atoms with Gasteiger partial charge in [-0.2, -0.15) is 0 Å². The molecule has 4 saturated carbocycles. The number of amides is 5. The first-order valence-electron chi connectivity index (χ1n) is 19.0. The number of carbonyl (C=O) groups is 5.